The topological polar surface area (TPSA) is 64.9 Å². The van der Waals surface area contributed by atoms with Crippen LogP contribution in [0.2, 0.25) is 0 Å². The molecular formula is C14H13N3. The lowest BCUT2D eigenvalue weighted by molar-refractivity contribution is 1.42. The lowest BCUT2D eigenvalue weighted by atomic mass is 10.1. The van der Waals surface area contributed by atoms with E-state index in [4.69, 9.17) is 11.5 Å². The minimum absolute atomic E-state index is 0.728. The maximum atomic E-state index is 5.90. The highest BCUT2D eigenvalue weighted by molar-refractivity contribution is 5.96. The lowest BCUT2D eigenvalue weighted by Crippen LogP contribution is -1.93. The van der Waals surface area contributed by atoms with E-state index in [0.717, 1.165) is 38.7 Å². The van der Waals surface area contributed by atoms with Crippen molar-refractivity contribution in [1.29, 1.82) is 0 Å². The number of nitrogens with two attached hydrogens (primary N) is 2. The van der Waals surface area contributed by atoms with Gasteiger partial charge in [-0.15, -0.1) is 0 Å². The van der Waals surface area contributed by atoms with Gasteiger partial charge in [-0.1, -0.05) is 12.1 Å². The monoisotopic (exact) mass is 223 g/mol. The number of rotatable bonds is 0. The molecule has 17 heavy (non-hydrogen) atoms. The van der Waals surface area contributed by atoms with Crippen LogP contribution in [0.25, 0.3) is 21.8 Å². The molecule has 0 bridgehead atoms. The molecule has 3 rings (SSSR count). The molecule has 0 aliphatic carbocycles. The second-order valence-electron chi connectivity index (χ2n) is 4.29. The van der Waals surface area contributed by atoms with E-state index >= 15 is 0 Å². The number of aromatic nitrogens is 1. The van der Waals surface area contributed by atoms with Crippen molar-refractivity contribution >= 4 is 33.2 Å². The van der Waals surface area contributed by atoms with E-state index < -0.39 is 0 Å². The molecule has 0 radical (unpaired) electrons. The maximum absolute atomic E-state index is 5.90. The Hall–Kier alpha value is -2.29. The van der Waals surface area contributed by atoms with Crippen LogP contribution in [0.1, 0.15) is 5.56 Å². The molecule has 3 heteroatoms. The van der Waals surface area contributed by atoms with E-state index in [2.05, 4.69) is 11.1 Å². The second kappa shape index (κ2) is 3.35. The van der Waals surface area contributed by atoms with Crippen LogP contribution < -0.4 is 11.5 Å². The zero-order valence-corrected chi connectivity index (χ0v) is 9.57. The molecule has 2 aromatic carbocycles. The molecule has 1 aromatic heterocycles. The first-order chi connectivity index (χ1) is 8.15. The smallest absolute Gasteiger partial charge is 0.0759 e. The van der Waals surface area contributed by atoms with Gasteiger partial charge >= 0.3 is 0 Å². The summed E-state index contributed by atoms with van der Waals surface area (Å²) >= 11 is 0. The van der Waals surface area contributed by atoms with E-state index in [1.165, 1.54) is 0 Å². The van der Waals surface area contributed by atoms with Gasteiger partial charge in [0.15, 0.2) is 0 Å². The molecule has 0 atom stereocenters. The summed E-state index contributed by atoms with van der Waals surface area (Å²) in [6.45, 7) is 1.99. The van der Waals surface area contributed by atoms with Gasteiger partial charge in [-0.25, -0.2) is 4.98 Å². The second-order valence-corrected chi connectivity index (χ2v) is 4.29. The van der Waals surface area contributed by atoms with Crippen LogP contribution >= 0.6 is 0 Å². The Morgan fingerprint density at radius 3 is 2.53 bits per heavy atom. The molecule has 0 aliphatic rings. The fourth-order valence-corrected chi connectivity index (χ4v) is 2.07. The van der Waals surface area contributed by atoms with Crippen LogP contribution in [0.15, 0.2) is 36.4 Å². The number of hydrogen-bond donors (Lipinski definition) is 2. The van der Waals surface area contributed by atoms with Crippen molar-refractivity contribution in [1.82, 2.24) is 4.98 Å². The average molecular weight is 223 g/mol. The number of nitrogen functional groups attached to an aromatic ring is 2. The summed E-state index contributed by atoms with van der Waals surface area (Å²) < 4.78 is 0. The molecule has 1 heterocycles. The zero-order chi connectivity index (χ0) is 12.0. The number of anilines is 2. The summed E-state index contributed by atoms with van der Waals surface area (Å²) in [6.07, 6.45) is 0. The Labute approximate surface area is 99.1 Å². The summed E-state index contributed by atoms with van der Waals surface area (Å²) in [7, 11) is 0. The van der Waals surface area contributed by atoms with Gasteiger partial charge in [-0.2, -0.15) is 0 Å². The van der Waals surface area contributed by atoms with Crippen molar-refractivity contribution in [2.75, 3.05) is 11.5 Å². The van der Waals surface area contributed by atoms with Crippen molar-refractivity contribution in [2.24, 2.45) is 0 Å². The molecule has 4 N–H and O–H groups in total. The highest BCUT2D eigenvalue weighted by Crippen LogP contribution is 2.26. The van der Waals surface area contributed by atoms with Gasteiger partial charge in [0.05, 0.1) is 11.0 Å². The van der Waals surface area contributed by atoms with E-state index in [1.54, 1.807) is 0 Å². The predicted octanol–water partition coefficient (Wildman–Crippen LogP) is 2.86. The van der Waals surface area contributed by atoms with Gasteiger partial charge in [0.2, 0.25) is 0 Å². The molecule has 0 spiro atoms. The molecule has 3 nitrogen and oxygen atoms in total. The zero-order valence-electron chi connectivity index (χ0n) is 9.57. The molecule has 0 aliphatic heterocycles. The summed E-state index contributed by atoms with van der Waals surface area (Å²) in [6, 6.07) is 11.8. The highest BCUT2D eigenvalue weighted by Gasteiger charge is 2.04. The first kappa shape index (κ1) is 9.90. The third-order valence-electron chi connectivity index (χ3n) is 3.10. The molecule has 0 amide bonds. The number of aryl methyl sites for hydroxylation is 1. The van der Waals surface area contributed by atoms with Gasteiger partial charge in [-0.05, 0) is 36.8 Å². The minimum atomic E-state index is 0.728. The molecule has 0 saturated heterocycles. The third-order valence-corrected chi connectivity index (χ3v) is 3.10. The average Bonchev–Trinajstić information content (AvgIpc) is 2.32. The first-order valence-electron chi connectivity index (χ1n) is 5.50. The molecule has 0 fully saturated rings. The van der Waals surface area contributed by atoms with Gasteiger partial charge in [-0.3, -0.25) is 0 Å². The molecule has 0 saturated carbocycles. The Morgan fingerprint density at radius 2 is 1.71 bits per heavy atom. The number of benzene rings is 2. The van der Waals surface area contributed by atoms with Crippen molar-refractivity contribution in [2.45, 2.75) is 6.92 Å². The van der Waals surface area contributed by atoms with Gasteiger partial charge in [0, 0.05) is 22.1 Å². The Bertz CT molecular complexity index is 732. The van der Waals surface area contributed by atoms with Crippen LogP contribution in [0.3, 0.4) is 0 Å². The summed E-state index contributed by atoms with van der Waals surface area (Å²) in [4.78, 5) is 4.64. The Morgan fingerprint density at radius 1 is 0.941 bits per heavy atom. The van der Waals surface area contributed by atoms with Crippen LogP contribution in [-0.2, 0) is 0 Å². The molecule has 0 unspecified atom stereocenters. The van der Waals surface area contributed by atoms with Crippen LogP contribution in [0.5, 0.6) is 0 Å². The van der Waals surface area contributed by atoms with Crippen LogP contribution in [-0.4, -0.2) is 4.98 Å². The predicted molar refractivity (Wildman–Crippen MR) is 72.8 cm³/mol. The van der Waals surface area contributed by atoms with E-state index in [1.807, 2.05) is 37.3 Å². The third kappa shape index (κ3) is 1.47. The normalized spacial score (nSPS) is 11.1. The summed E-state index contributed by atoms with van der Waals surface area (Å²) in [5.41, 5.74) is 16.0. The van der Waals surface area contributed by atoms with Gasteiger partial charge in [0.1, 0.15) is 0 Å². The van der Waals surface area contributed by atoms with Crippen molar-refractivity contribution in [3.05, 3.63) is 42.0 Å². The summed E-state index contributed by atoms with van der Waals surface area (Å²) in [5.74, 6) is 0. The maximum Gasteiger partial charge on any atom is 0.0759 e. The van der Waals surface area contributed by atoms with Crippen molar-refractivity contribution < 1.29 is 0 Å². The number of hydrogen-bond acceptors (Lipinski definition) is 3. The lowest BCUT2D eigenvalue weighted by Gasteiger charge is -2.07. The number of pyridine rings is 1. The number of fused-ring (bicyclic) bond motifs is 2. The Balaban J connectivity index is 2.48. The van der Waals surface area contributed by atoms with Crippen molar-refractivity contribution in [3.63, 3.8) is 0 Å². The first-order valence-corrected chi connectivity index (χ1v) is 5.50. The van der Waals surface area contributed by atoms with Crippen LogP contribution in [0, 0.1) is 6.92 Å². The Kier molecular flexibility index (Phi) is 1.95. The van der Waals surface area contributed by atoms with E-state index in [9.17, 15) is 0 Å². The van der Waals surface area contributed by atoms with E-state index in [0.29, 0.717) is 0 Å². The molecule has 3 aromatic rings. The van der Waals surface area contributed by atoms with Crippen molar-refractivity contribution in [3.8, 4) is 0 Å². The SMILES string of the molecule is Cc1c(N)ccc2cc3ccc(N)cc3nc12. The largest absolute Gasteiger partial charge is 0.399 e. The quantitative estimate of drug-likeness (QED) is 0.455. The molecular weight excluding hydrogens is 210 g/mol. The highest BCUT2D eigenvalue weighted by atomic mass is 14.7. The van der Waals surface area contributed by atoms with Gasteiger partial charge in [0.25, 0.3) is 0 Å². The standard InChI is InChI=1S/C14H13N3/c1-8-12(16)5-3-10-6-9-2-4-11(15)7-13(9)17-14(8)10/h2-7H,15-16H2,1H3. The minimum Gasteiger partial charge on any atom is -0.399 e. The van der Waals surface area contributed by atoms with Gasteiger partial charge < -0.3 is 11.5 Å². The number of nitrogens with zero attached hydrogens (tertiary/aromatic N) is 1. The fourth-order valence-electron chi connectivity index (χ4n) is 2.07. The van der Waals surface area contributed by atoms with Crippen LogP contribution in [0.4, 0.5) is 11.4 Å². The fraction of sp³-hybridized carbons (Fsp3) is 0.0714. The molecule has 84 valence electrons. The van der Waals surface area contributed by atoms with E-state index in [-0.39, 0.29) is 0 Å². The summed E-state index contributed by atoms with van der Waals surface area (Å²) in [5, 5.41) is 2.20.